The van der Waals surface area contributed by atoms with Crippen molar-refractivity contribution in [3.63, 3.8) is 0 Å². The molecule has 13 rings (SSSR count). The molecule has 0 saturated carbocycles. The van der Waals surface area contributed by atoms with Crippen molar-refractivity contribution in [1.29, 1.82) is 0 Å². The van der Waals surface area contributed by atoms with E-state index >= 15 is 0 Å². The fraction of sp³-hybridized carbons (Fsp3) is 0.0492. The van der Waals surface area contributed by atoms with E-state index in [1.54, 1.807) is 0 Å². The lowest BCUT2D eigenvalue weighted by Crippen LogP contribution is -2.16. The third-order valence-corrected chi connectivity index (χ3v) is 13.8. The highest BCUT2D eigenvalue weighted by Gasteiger charge is 2.36. The monoisotopic (exact) mass is 802 g/mol. The quantitative estimate of drug-likeness (QED) is 0.152. The van der Waals surface area contributed by atoms with Gasteiger partial charge in [-0.1, -0.05) is 135 Å². The Hall–Kier alpha value is -7.94. The summed E-state index contributed by atoms with van der Waals surface area (Å²) in [4.78, 5) is 2.36. The van der Waals surface area contributed by atoms with Gasteiger partial charge in [0.15, 0.2) is 0 Å². The van der Waals surface area contributed by atoms with Crippen LogP contribution < -0.4 is 4.90 Å². The molecule has 0 radical (unpaired) electrons. The van der Waals surface area contributed by atoms with Crippen LogP contribution in [0.3, 0.4) is 0 Å². The van der Waals surface area contributed by atoms with Crippen LogP contribution in [0.15, 0.2) is 218 Å². The van der Waals surface area contributed by atoms with E-state index in [2.05, 4.69) is 242 Å². The van der Waals surface area contributed by atoms with E-state index in [0.717, 1.165) is 11.4 Å². The summed E-state index contributed by atoms with van der Waals surface area (Å²) in [5, 5.41) is 10.3. The van der Waals surface area contributed by atoms with Gasteiger partial charge < -0.3 is 9.47 Å². The molecule has 1 aliphatic carbocycles. The number of hydrogen-bond donors (Lipinski definition) is 0. The second-order valence-electron chi connectivity index (χ2n) is 17.8. The SMILES string of the molecule is CC1(C)c2cc(-c3cc4ccc5cc(-c6ccc7c(c6)c6ccccc6n7-c6ccccc6)cc6ccc(c3)c4c56)ccc2-c2ccc(N(c3ccccc3)c3ccccc3)cc21. The van der Waals surface area contributed by atoms with Gasteiger partial charge in [0.1, 0.15) is 0 Å². The molecule has 296 valence electrons. The van der Waals surface area contributed by atoms with Gasteiger partial charge >= 0.3 is 0 Å². The molecule has 1 aromatic heterocycles. The predicted molar refractivity (Wildman–Crippen MR) is 268 cm³/mol. The second kappa shape index (κ2) is 13.5. The van der Waals surface area contributed by atoms with Crippen LogP contribution in [0.5, 0.6) is 0 Å². The Morgan fingerprint density at radius 3 is 1.43 bits per heavy atom. The van der Waals surface area contributed by atoms with Crippen molar-refractivity contribution in [3.05, 3.63) is 230 Å². The molecule has 63 heavy (non-hydrogen) atoms. The number of para-hydroxylation sites is 4. The summed E-state index contributed by atoms with van der Waals surface area (Å²) in [6, 6.07) is 80.8. The molecule has 0 atom stereocenters. The lowest BCUT2D eigenvalue weighted by atomic mass is 9.81. The summed E-state index contributed by atoms with van der Waals surface area (Å²) in [7, 11) is 0. The third kappa shape index (κ3) is 5.44. The zero-order valence-corrected chi connectivity index (χ0v) is 35.2. The Balaban J connectivity index is 0.871. The summed E-state index contributed by atoms with van der Waals surface area (Å²) < 4.78 is 2.38. The average molecular weight is 803 g/mol. The van der Waals surface area contributed by atoms with E-state index in [1.165, 1.54) is 110 Å². The smallest absolute Gasteiger partial charge is 0.0541 e. The standard InChI is InChI=1S/C61H42N2/c1-61(2)55-37-40(26-29-51(55)52-30-28-50(38-56(52)61)62(47-14-6-3-7-15-47)48-16-8-4-9-17-48)46-34-43-24-22-41-32-45(33-42-23-25-44(35-46)60(43)59(41)42)39-27-31-58-54(36-39)53-20-12-13-21-57(53)63(58)49-18-10-5-11-19-49/h3-38H,1-2H3. The maximum absolute atomic E-state index is 2.45. The van der Waals surface area contributed by atoms with Gasteiger partial charge in [0.05, 0.1) is 11.0 Å². The molecule has 0 spiro atoms. The molecule has 2 nitrogen and oxygen atoms in total. The number of benzene rings is 11. The van der Waals surface area contributed by atoms with Gasteiger partial charge in [0.25, 0.3) is 0 Å². The van der Waals surface area contributed by atoms with E-state index < -0.39 is 0 Å². The van der Waals surface area contributed by atoms with Crippen molar-refractivity contribution in [3.8, 4) is 39.1 Å². The molecule has 0 saturated heterocycles. The molecule has 12 aromatic rings. The number of anilines is 3. The maximum atomic E-state index is 2.45. The summed E-state index contributed by atoms with van der Waals surface area (Å²) in [5.41, 5.74) is 17.3. The third-order valence-electron chi connectivity index (χ3n) is 13.8. The number of fused-ring (bicyclic) bond motifs is 6. The molecule has 1 aliphatic rings. The molecule has 0 N–H and O–H groups in total. The van der Waals surface area contributed by atoms with Crippen molar-refractivity contribution in [1.82, 2.24) is 4.57 Å². The fourth-order valence-electron chi connectivity index (χ4n) is 10.8. The summed E-state index contributed by atoms with van der Waals surface area (Å²) in [6.07, 6.45) is 0. The minimum Gasteiger partial charge on any atom is -0.310 e. The maximum Gasteiger partial charge on any atom is 0.0541 e. The first-order valence-electron chi connectivity index (χ1n) is 22.0. The van der Waals surface area contributed by atoms with Crippen molar-refractivity contribution < 1.29 is 0 Å². The molecule has 2 heteroatoms. The van der Waals surface area contributed by atoms with Crippen LogP contribution in [0.1, 0.15) is 25.0 Å². The molecular formula is C61H42N2. The highest BCUT2D eigenvalue weighted by molar-refractivity contribution is 6.24. The van der Waals surface area contributed by atoms with Crippen molar-refractivity contribution in [2.75, 3.05) is 4.90 Å². The molecule has 1 heterocycles. The summed E-state index contributed by atoms with van der Waals surface area (Å²) >= 11 is 0. The van der Waals surface area contributed by atoms with Gasteiger partial charge in [0, 0.05) is 38.9 Å². The minimum absolute atomic E-state index is 0.174. The van der Waals surface area contributed by atoms with Gasteiger partial charge in [-0.25, -0.2) is 0 Å². The second-order valence-corrected chi connectivity index (χ2v) is 17.8. The predicted octanol–water partition coefficient (Wildman–Crippen LogP) is 16.8. The van der Waals surface area contributed by atoms with E-state index in [1.807, 2.05) is 0 Å². The largest absolute Gasteiger partial charge is 0.310 e. The number of aromatic nitrogens is 1. The minimum atomic E-state index is -0.174. The van der Waals surface area contributed by atoms with E-state index in [-0.39, 0.29) is 5.41 Å². The van der Waals surface area contributed by atoms with Crippen LogP contribution in [0, 0.1) is 0 Å². The number of hydrogen-bond acceptors (Lipinski definition) is 1. The molecule has 0 unspecified atom stereocenters. The summed E-state index contributed by atoms with van der Waals surface area (Å²) in [5.74, 6) is 0. The molecule has 0 bridgehead atoms. The van der Waals surface area contributed by atoms with Crippen LogP contribution >= 0.6 is 0 Å². The molecule has 0 amide bonds. The lowest BCUT2D eigenvalue weighted by molar-refractivity contribution is 0.660. The molecule has 0 aliphatic heterocycles. The Morgan fingerprint density at radius 1 is 0.349 bits per heavy atom. The van der Waals surface area contributed by atoms with Gasteiger partial charge in [-0.15, -0.1) is 0 Å². The van der Waals surface area contributed by atoms with Gasteiger partial charge in [0.2, 0.25) is 0 Å². The van der Waals surface area contributed by atoms with Crippen LogP contribution in [0.2, 0.25) is 0 Å². The zero-order valence-electron chi connectivity index (χ0n) is 35.2. The van der Waals surface area contributed by atoms with Gasteiger partial charge in [-0.2, -0.15) is 0 Å². The Labute approximate surface area is 366 Å². The van der Waals surface area contributed by atoms with E-state index in [4.69, 9.17) is 0 Å². The van der Waals surface area contributed by atoms with Crippen molar-refractivity contribution in [2.24, 2.45) is 0 Å². The first-order chi connectivity index (χ1) is 31.0. The van der Waals surface area contributed by atoms with Crippen LogP contribution in [-0.4, -0.2) is 4.57 Å². The van der Waals surface area contributed by atoms with E-state index in [0.29, 0.717) is 0 Å². The summed E-state index contributed by atoms with van der Waals surface area (Å²) in [6.45, 7) is 4.77. The normalized spacial score (nSPS) is 13.0. The van der Waals surface area contributed by atoms with Crippen LogP contribution in [0.4, 0.5) is 17.1 Å². The Morgan fingerprint density at radius 2 is 0.825 bits per heavy atom. The highest BCUT2D eigenvalue weighted by Crippen LogP contribution is 2.52. The molecular weight excluding hydrogens is 761 g/mol. The van der Waals surface area contributed by atoms with Gasteiger partial charge in [-0.05, 0) is 174 Å². The van der Waals surface area contributed by atoms with Crippen LogP contribution in [-0.2, 0) is 5.41 Å². The average Bonchev–Trinajstić information content (AvgIpc) is 3.78. The molecule has 11 aromatic carbocycles. The van der Waals surface area contributed by atoms with Gasteiger partial charge in [-0.3, -0.25) is 0 Å². The Bertz CT molecular complexity index is 3640. The number of nitrogens with zero attached hydrogens (tertiary/aromatic N) is 2. The first-order valence-corrected chi connectivity index (χ1v) is 22.0. The highest BCUT2D eigenvalue weighted by atomic mass is 15.1. The molecule has 0 fully saturated rings. The first kappa shape index (κ1) is 35.8. The van der Waals surface area contributed by atoms with Crippen molar-refractivity contribution in [2.45, 2.75) is 19.3 Å². The fourth-order valence-corrected chi connectivity index (χ4v) is 10.8. The topological polar surface area (TPSA) is 8.17 Å². The Kier molecular flexibility index (Phi) is 7.68. The van der Waals surface area contributed by atoms with Crippen molar-refractivity contribution >= 4 is 71.2 Å². The lowest BCUT2D eigenvalue weighted by Gasteiger charge is -2.28. The number of rotatable bonds is 6. The van der Waals surface area contributed by atoms with E-state index in [9.17, 15) is 0 Å². The van der Waals surface area contributed by atoms with Crippen LogP contribution in [0.25, 0.3) is 93.2 Å². The zero-order chi connectivity index (χ0) is 41.8.